The van der Waals surface area contributed by atoms with Crippen molar-refractivity contribution in [1.29, 1.82) is 0 Å². The van der Waals surface area contributed by atoms with Gasteiger partial charge < -0.3 is 14.8 Å². The fourth-order valence-electron chi connectivity index (χ4n) is 4.51. The van der Waals surface area contributed by atoms with E-state index in [1.165, 1.54) is 12.8 Å². The summed E-state index contributed by atoms with van der Waals surface area (Å²) in [7, 11) is 0. The first kappa shape index (κ1) is 22.8. The van der Waals surface area contributed by atoms with E-state index in [-0.39, 0.29) is 18.6 Å². The van der Waals surface area contributed by atoms with Gasteiger partial charge in [0, 0.05) is 21.9 Å². The van der Waals surface area contributed by atoms with E-state index >= 15 is 0 Å². The van der Waals surface area contributed by atoms with Crippen LogP contribution in [0.2, 0.25) is 5.02 Å². The highest BCUT2D eigenvalue weighted by atomic mass is 35.5. The highest BCUT2D eigenvalue weighted by Crippen LogP contribution is 2.39. The Balaban J connectivity index is 1.66. The second kappa shape index (κ2) is 10.1. The molecule has 170 valence electrons. The lowest BCUT2D eigenvalue weighted by Gasteiger charge is -2.16. The number of esters is 1. The average Bonchev–Trinajstić information content (AvgIpc) is 3.46. The van der Waals surface area contributed by atoms with Crippen molar-refractivity contribution < 1.29 is 14.6 Å². The molecule has 1 aromatic carbocycles. The van der Waals surface area contributed by atoms with E-state index in [0.717, 1.165) is 48.1 Å². The van der Waals surface area contributed by atoms with Gasteiger partial charge in [0.25, 0.3) is 5.56 Å². The van der Waals surface area contributed by atoms with E-state index in [2.05, 4.69) is 11.1 Å². The van der Waals surface area contributed by atoms with Crippen molar-refractivity contribution in [3.05, 3.63) is 74.2 Å². The fraction of sp³-hybridized carbons (Fsp3) is 0.462. The molecule has 2 fully saturated rings. The molecule has 0 radical (unpaired) electrons. The van der Waals surface area contributed by atoms with Crippen molar-refractivity contribution in [3.8, 4) is 0 Å². The number of allylic oxidation sites excluding steroid dienone is 1. The molecule has 6 heteroatoms. The molecule has 0 saturated heterocycles. The Morgan fingerprint density at radius 3 is 2.59 bits per heavy atom. The van der Waals surface area contributed by atoms with E-state index in [1.807, 2.05) is 18.2 Å². The summed E-state index contributed by atoms with van der Waals surface area (Å²) in [5.41, 5.74) is 3.94. The molecule has 2 aliphatic rings. The quantitative estimate of drug-likeness (QED) is 0.514. The molecule has 2 N–H and O–H groups in total. The van der Waals surface area contributed by atoms with Gasteiger partial charge in [0.1, 0.15) is 0 Å². The molecule has 2 saturated carbocycles. The van der Waals surface area contributed by atoms with Gasteiger partial charge in [-0.25, -0.2) is 0 Å². The summed E-state index contributed by atoms with van der Waals surface area (Å²) in [5, 5.41) is 10.8. The molecule has 32 heavy (non-hydrogen) atoms. The molecule has 5 nitrogen and oxygen atoms in total. The van der Waals surface area contributed by atoms with Gasteiger partial charge in [0.2, 0.25) is 0 Å². The third kappa shape index (κ3) is 5.33. The molecule has 4 rings (SSSR count). The van der Waals surface area contributed by atoms with Crippen molar-refractivity contribution in [2.24, 2.45) is 5.92 Å². The Bertz CT molecular complexity index is 1060. The standard InChI is InChI=1S/C26H30ClNO4/c1-2-32-25(30)15-24(29)20-10-9-18(14-22(20)27)21(13-16-5-3-4-6-16)23-12-11-19(17-7-8-17)26(31)28-23/h9-14,16-17,24,29H,2-8,15H2,1H3,(H,28,31)/b21-13+/t24-/m1/s1. The average molecular weight is 456 g/mol. The fourth-order valence-corrected chi connectivity index (χ4v) is 4.82. The van der Waals surface area contributed by atoms with Crippen LogP contribution in [0, 0.1) is 5.92 Å². The van der Waals surface area contributed by atoms with Crippen molar-refractivity contribution in [2.75, 3.05) is 6.61 Å². The largest absolute Gasteiger partial charge is 0.466 e. The number of carbonyl (C=O) groups is 1. The number of aliphatic hydroxyl groups excluding tert-OH is 1. The minimum Gasteiger partial charge on any atom is -0.466 e. The number of H-pyrrole nitrogens is 1. The summed E-state index contributed by atoms with van der Waals surface area (Å²) >= 11 is 6.53. The number of aromatic nitrogens is 1. The summed E-state index contributed by atoms with van der Waals surface area (Å²) < 4.78 is 4.93. The van der Waals surface area contributed by atoms with Crippen LogP contribution in [0.15, 0.2) is 41.2 Å². The molecular weight excluding hydrogens is 426 g/mol. The van der Waals surface area contributed by atoms with Gasteiger partial charge in [0.15, 0.2) is 0 Å². The summed E-state index contributed by atoms with van der Waals surface area (Å²) in [5.74, 6) is 0.393. The SMILES string of the molecule is CCOC(=O)C[C@@H](O)c1ccc(/C(=C\C2CCCC2)c2ccc(C3CC3)c(=O)[nH]2)cc1Cl. The summed E-state index contributed by atoms with van der Waals surface area (Å²) in [6.45, 7) is 2.00. The van der Waals surface area contributed by atoms with Crippen LogP contribution < -0.4 is 5.56 Å². The zero-order valence-corrected chi connectivity index (χ0v) is 19.2. The van der Waals surface area contributed by atoms with E-state index in [4.69, 9.17) is 16.3 Å². The lowest BCUT2D eigenvalue weighted by atomic mass is 9.94. The van der Waals surface area contributed by atoms with Crippen LogP contribution in [0.3, 0.4) is 0 Å². The second-order valence-electron chi connectivity index (χ2n) is 8.82. The molecule has 0 aliphatic heterocycles. The molecule has 2 aromatic rings. The van der Waals surface area contributed by atoms with Crippen molar-refractivity contribution >= 4 is 23.1 Å². The number of benzene rings is 1. The minimum absolute atomic E-state index is 0.0186. The third-order valence-corrected chi connectivity index (χ3v) is 6.71. The monoisotopic (exact) mass is 455 g/mol. The Labute approximate surface area is 193 Å². The van der Waals surface area contributed by atoms with Crippen LogP contribution in [0.1, 0.15) is 86.3 Å². The van der Waals surface area contributed by atoms with Crippen molar-refractivity contribution in [3.63, 3.8) is 0 Å². The maximum absolute atomic E-state index is 12.7. The molecule has 0 amide bonds. The summed E-state index contributed by atoms with van der Waals surface area (Å²) in [4.78, 5) is 27.5. The highest BCUT2D eigenvalue weighted by molar-refractivity contribution is 6.31. The Morgan fingerprint density at radius 2 is 1.97 bits per heavy atom. The number of rotatable bonds is 8. The van der Waals surface area contributed by atoms with Gasteiger partial charge in [-0.15, -0.1) is 0 Å². The molecule has 0 spiro atoms. The third-order valence-electron chi connectivity index (χ3n) is 6.39. The molecule has 1 aromatic heterocycles. The minimum atomic E-state index is -1.03. The van der Waals surface area contributed by atoms with E-state index in [9.17, 15) is 14.7 Å². The van der Waals surface area contributed by atoms with Gasteiger partial charge in [-0.05, 0) is 67.7 Å². The van der Waals surface area contributed by atoms with Gasteiger partial charge in [-0.2, -0.15) is 0 Å². The predicted octanol–water partition coefficient (Wildman–Crippen LogP) is 5.51. The zero-order valence-electron chi connectivity index (χ0n) is 18.4. The molecule has 1 atom stereocenters. The number of aliphatic hydroxyl groups is 1. The van der Waals surface area contributed by atoms with Crippen LogP contribution in [0.25, 0.3) is 5.57 Å². The Hall–Kier alpha value is -2.37. The predicted molar refractivity (Wildman–Crippen MR) is 126 cm³/mol. The maximum Gasteiger partial charge on any atom is 0.308 e. The maximum atomic E-state index is 12.7. The van der Waals surface area contributed by atoms with E-state index < -0.39 is 12.1 Å². The number of carbonyl (C=O) groups excluding carboxylic acids is 1. The van der Waals surface area contributed by atoms with Crippen molar-refractivity contribution in [2.45, 2.75) is 63.9 Å². The van der Waals surface area contributed by atoms with Crippen LogP contribution in [-0.4, -0.2) is 22.7 Å². The normalized spacial score (nSPS) is 18.0. The zero-order chi connectivity index (χ0) is 22.7. The smallest absolute Gasteiger partial charge is 0.308 e. The lowest BCUT2D eigenvalue weighted by molar-refractivity contribution is -0.145. The van der Waals surface area contributed by atoms with Crippen LogP contribution in [-0.2, 0) is 9.53 Å². The molecular formula is C26H30ClNO4. The van der Waals surface area contributed by atoms with Crippen LogP contribution >= 0.6 is 11.6 Å². The number of hydrogen-bond acceptors (Lipinski definition) is 4. The number of ether oxygens (including phenoxy) is 1. The molecule has 0 unspecified atom stereocenters. The van der Waals surface area contributed by atoms with E-state index in [1.54, 1.807) is 19.1 Å². The second-order valence-corrected chi connectivity index (χ2v) is 9.22. The molecule has 1 heterocycles. The summed E-state index contributed by atoms with van der Waals surface area (Å²) in [6, 6.07) is 9.39. The first-order valence-corrected chi connectivity index (χ1v) is 11.9. The van der Waals surface area contributed by atoms with Gasteiger partial charge in [-0.3, -0.25) is 9.59 Å². The van der Waals surface area contributed by atoms with Crippen molar-refractivity contribution in [1.82, 2.24) is 4.98 Å². The van der Waals surface area contributed by atoms with Crippen LogP contribution in [0.5, 0.6) is 0 Å². The van der Waals surface area contributed by atoms with Crippen LogP contribution in [0.4, 0.5) is 0 Å². The molecule has 2 aliphatic carbocycles. The highest BCUT2D eigenvalue weighted by Gasteiger charge is 2.26. The van der Waals surface area contributed by atoms with Gasteiger partial charge in [0.05, 0.1) is 19.1 Å². The Morgan fingerprint density at radius 1 is 1.22 bits per heavy atom. The summed E-state index contributed by atoms with van der Waals surface area (Å²) in [6.07, 6.45) is 7.93. The van der Waals surface area contributed by atoms with Gasteiger partial charge >= 0.3 is 5.97 Å². The number of nitrogens with one attached hydrogen (secondary N) is 1. The number of halogens is 1. The number of pyridine rings is 1. The number of aromatic amines is 1. The lowest BCUT2D eigenvalue weighted by Crippen LogP contribution is -2.14. The number of hydrogen-bond donors (Lipinski definition) is 2. The first-order chi connectivity index (χ1) is 15.5. The first-order valence-electron chi connectivity index (χ1n) is 11.5. The van der Waals surface area contributed by atoms with E-state index in [0.29, 0.717) is 22.4 Å². The molecule has 0 bridgehead atoms. The van der Waals surface area contributed by atoms with Gasteiger partial charge in [-0.1, -0.05) is 48.7 Å². The Kier molecular flexibility index (Phi) is 7.17. The topological polar surface area (TPSA) is 79.4 Å².